The van der Waals surface area contributed by atoms with E-state index in [1.54, 1.807) is 0 Å². The molecule has 1 saturated heterocycles. The maximum absolute atomic E-state index is 12.1. The predicted octanol–water partition coefficient (Wildman–Crippen LogP) is -0.0289. The molecule has 0 bridgehead atoms. The van der Waals surface area contributed by atoms with E-state index in [0.29, 0.717) is 18.9 Å². The third-order valence-electron chi connectivity index (χ3n) is 3.40. The molecule has 1 aliphatic rings. The van der Waals surface area contributed by atoms with Gasteiger partial charge < -0.3 is 9.72 Å². The van der Waals surface area contributed by atoms with Gasteiger partial charge in [0.05, 0.1) is 18.9 Å². The Bertz CT molecular complexity index is 529. The third-order valence-corrected chi connectivity index (χ3v) is 4.73. The molecule has 0 amide bonds. The average molecular weight is 302 g/mol. The molecule has 1 unspecified atom stereocenters. The molecule has 1 aromatic rings. The van der Waals surface area contributed by atoms with Crippen LogP contribution in [0.4, 0.5) is 0 Å². The molecule has 1 aliphatic heterocycles. The van der Waals surface area contributed by atoms with Crippen molar-refractivity contribution in [2.75, 3.05) is 32.8 Å². The van der Waals surface area contributed by atoms with Crippen LogP contribution < -0.4 is 4.72 Å². The van der Waals surface area contributed by atoms with Gasteiger partial charge in [0, 0.05) is 26.1 Å². The molecular formula is C12H22N4O3S. The number of nitrogens with one attached hydrogen (secondary N) is 2. The third kappa shape index (κ3) is 3.78. The number of hydrogen-bond donors (Lipinski definition) is 2. The Balaban J connectivity index is 1.92. The number of ether oxygens (including phenoxy) is 1. The second kappa shape index (κ2) is 6.66. The Hall–Kier alpha value is -0.960. The summed E-state index contributed by atoms with van der Waals surface area (Å²) in [6.07, 6.45) is 1.92. The number of H-pyrrole nitrogens is 1. The summed E-state index contributed by atoms with van der Waals surface area (Å²) in [5, 5.41) is 0.109. The van der Waals surface area contributed by atoms with Gasteiger partial charge >= 0.3 is 0 Å². The Kier molecular flexibility index (Phi) is 5.14. The number of aromatic nitrogens is 2. The lowest BCUT2D eigenvalue weighted by Gasteiger charge is -2.31. The molecule has 7 nitrogen and oxygen atoms in total. The molecule has 20 heavy (non-hydrogen) atoms. The van der Waals surface area contributed by atoms with E-state index in [9.17, 15) is 8.42 Å². The number of nitrogens with zero attached hydrogens (tertiary/aromatic N) is 2. The zero-order chi connectivity index (χ0) is 14.6. The van der Waals surface area contributed by atoms with Gasteiger partial charge in [0.25, 0.3) is 10.0 Å². The van der Waals surface area contributed by atoms with E-state index in [2.05, 4.69) is 26.5 Å². The second-order valence-electron chi connectivity index (χ2n) is 4.79. The molecule has 1 fully saturated rings. The molecule has 0 radical (unpaired) electrons. The second-order valence-corrected chi connectivity index (χ2v) is 6.52. The molecule has 2 rings (SSSR count). The fourth-order valence-corrected chi connectivity index (χ4v) is 3.14. The van der Waals surface area contributed by atoms with Crippen LogP contribution in [0.2, 0.25) is 0 Å². The predicted molar refractivity (Wildman–Crippen MR) is 75.0 cm³/mol. The van der Waals surface area contributed by atoms with E-state index >= 15 is 0 Å². The number of imidazole rings is 1. The highest BCUT2D eigenvalue weighted by Crippen LogP contribution is 2.08. The van der Waals surface area contributed by atoms with Crippen molar-refractivity contribution in [1.29, 1.82) is 0 Å². The van der Waals surface area contributed by atoms with Gasteiger partial charge in [-0.3, -0.25) is 4.90 Å². The number of aryl methyl sites for hydroxylation is 1. The van der Waals surface area contributed by atoms with Gasteiger partial charge in [0.2, 0.25) is 0 Å². The van der Waals surface area contributed by atoms with Crippen LogP contribution >= 0.6 is 0 Å². The standard InChI is InChI=1S/C12H22N4O3S/c1-3-11-13-8-12(15-11)20(17,18)14-7-10-9-16(4-2)5-6-19-10/h8,10,14H,3-7,9H2,1-2H3,(H,13,15). The summed E-state index contributed by atoms with van der Waals surface area (Å²) in [5.74, 6) is 0.663. The summed E-state index contributed by atoms with van der Waals surface area (Å²) >= 11 is 0. The molecule has 0 aromatic carbocycles. The first kappa shape index (κ1) is 15.4. The molecule has 0 saturated carbocycles. The van der Waals surface area contributed by atoms with Crippen molar-refractivity contribution < 1.29 is 13.2 Å². The normalized spacial score (nSPS) is 21.2. The zero-order valence-corrected chi connectivity index (χ0v) is 12.7. The van der Waals surface area contributed by atoms with Gasteiger partial charge in [-0.25, -0.2) is 18.1 Å². The maximum Gasteiger partial charge on any atom is 0.257 e. The van der Waals surface area contributed by atoms with Crippen molar-refractivity contribution in [1.82, 2.24) is 19.6 Å². The monoisotopic (exact) mass is 302 g/mol. The van der Waals surface area contributed by atoms with Gasteiger partial charge in [-0.15, -0.1) is 0 Å². The van der Waals surface area contributed by atoms with Crippen LogP contribution in [-0.2, 0) is 21.2 Å². The van der Waals surface area contributed by atoms with E-state index < -0.39 is 10.0 Å². The van der Waals surface area contributed by atoms with Crippen LogP contribution in [-0.4, -0.2) is 62.2 Å². The minimum absolute atomic E-state index is 0.105. The molecule has 0 aliphatic carbocycles. The lowest BCUT2D eigenvalue weighted by molar-refractivity contribution is -0.0229. The topological polar surface area (TPSA) is 87.3 Å². The molecule has 0 spiro atoms. The largest absolute Gasteiger partial charge is 0.374 e. The Labute approximate surface area is 119 Å². The summed E-state index contributed by atoms with van der Waals surface area (Å²) in [7, 11) is -3.54. The zero-order valence-electron chi connectivity index (χ0n) is 11.9. The highest BCUT2D eigenvalue weighted by Gasteiger charge is 2.23. The van der Waals surface area contributed by atoms with Crippen molar-refractivity contribution in [3.8, 4) is 0 Å². The summed E-state index contributed by atoms with van der Waals surface area (Å²) in [4.78, 5) is 9.05. The van der Waals surface area contributed by atoms with Gasteiger partial charge in [0.1, 0.15) is 5.82 Å². The Morgan fingerprint density at radius 1 is 1.55 bits per heavy atom. The van der Waals surface area contributed by atoms with Gasteiger partial charge in [-0.05, 0) is 6.54 Å². The molecule has 1 atom stereocenters. The van der Waals surface area contributed by atoms with Crippen molar-refractivity contribution in [2.24, 2.45) is 0 Å². The molecule has 114 valence electrons. The van der Waals surface area contributed by atoms with Gasteiger partial charge in [0.15, 0.2) is 5.03 Å². The molecule has 2 N–H and O–H groups in total. The smallest absolute Gasteiger partial charge is 0.257 e. The van der Waals surface area contributed by atoms with Gasteiger partial charge in [-0.1, -0.05) is 13.8 Å². The SMILES string of the molecule is CCc1ncc(S(=O)(=O)NCC2CN(CC)CCO2)[nH]1. The first-order valence-electron chi connectivity index (χ1n) is 6.92. The van der Waals surface area contributed by atoms with Crippen LogP contribution in [0.3, 0.4) is 0 Å². The molecular weight excluding hydrogens is 280 g/mol. The van der Waals surface area contributed by atoms with E-state index in [-0.39, 0.29) is 17.7 Å². The first-order chi connectivity index (χ1) is 9.55. The summed E-state index contributed by atoms with van der Waals surface area (Å²) in [6.45, 7) is 7.53. The summed E-state index contributed by atoms with van der Waals surface area (Å²) in [5.41, 5.74) is 0. The average Bonchev–Trinajstić information content (AvgIpc) is 2.95. The maximum atomic E-state index is 12.1. The van der Waals surface area contributed by atoms with E-state index in [1.165, 1.54) is 6.20 Å². The number of rotatable bonds is 6. The molecule has 1 aromatic heterocycles. The lowest BCUT2D eigenvalue weighted by atomic mass is 10.3. The molecule has 2 heterocycles. The van der Waals surface area contributed by atoms with Crippen LogP contribution in [0.25, 0.3) is 0 Å². The van der Waals surface area contributed by atoms with Crippen molar-refractivity contribution in [3.05, 3.63) is 12.0 Å². The Morgan fingerprint density at radius 2 is 2.35 bits per heavy atom. The quantitative estimate of drug-likeness (QED) is 0.770. The van der Waals surface area contributed by atoms with Crippen LogP contribution in [0.5, 0.6) is 0 Å². The highest BCUT2D eigenvalue weighted by atomic mass is 32.2. The minimum Gasteiger partial charge on any atom is -0.374 e. The van der Waals surface area contributed by atoms with Crippen LogP contribution in [0.1, 0.15) is 19.7 Å². The Morgan fingerprint density at radius 3 is 3.00 bits per heavy atom. The lowest BCUT2D eigenvalue weighted by Crippen LogP contribution is -2.47. The van der Waals surface area contributed by atoms with E-state index in [0.717, 1.165) is 19.6 Å². The number of morpholine rings is 1. The summed E-state index contributed by atoms with van der Waals surface area (Å²) < 4.78 is 32.4. The number of sulfonamides is 1. The number of hydrogen-bond acceptors (Lipinski definition) is 5. The van der Waals surface area contributed by atoms with Crippen molar-refractivity contribution >= 4 is 10.0 Å². The minimum atomic E-state index is -3.54. The number of likely N-dealkylation sites (N-methyl/N-ethyl adjacent to an activating group) is 1. The number of aromatic amines is 1. The highest BCUT2D eigenvalue weighted by molar-refractivity contribution is 7.89. The van der Waals surface area contributed by atoms with Crippen LogP contribution in [0.15, 0.2) is 11.2 Å². The van der Waals surface area contributed by atoms with E-state index in [1.807, 2.05) is 6.92 Å². The molecule has 8 heteroatoms. The fraction of sp³-hybridized carbons (Fsp3) is 0.750. The van der Waals surface area contributed by atoms with Gasteiger partial charge in [-0.2, -0.15) is 0 Å². The summed E-state index contributed by atoms with van der Waals surface area (Å²) in [6, 6.07) is 0. The van der Waals surface area contributed by atoms with Crippen molar-refractivity contribution in [3.63, 3.8) is 0 Å². The fourth-order valence-electron chi connectivity index (χ4n) is 2.13. The van der Waals surface area contributed by atoms with Crippen LogP contribution in [0, 0.1) is 0 Å². The van der Waals surface area contributed by atoms with Crippen molar-refractivity contribution in [2.45, 2.75) is 31.4 Å². The van der Waals surface area contributed by atoms with E-state index in [4.69, 9.17) is 4.74 Å². The first-order valence-corrected chi connectivity index (χ1v) is 8.41.